The molecule has 6 heteroatoms. The average Bonchev–Trinajstić information content (AvgIpc) is 3.12. The summed E-state index contributed by atoms with van der Waals surface area (Å²) >= 11 is 1.64. The molecule has 0 radical (unpaired) electrons. The molecule has 0 aliphatic heterocycles. The molecule has 1 amide bonds. The second kappa shape index (κ2) is 6.85. The highest BCUT2D eigenvalue weighted by atomic mass is 32.1. The molecule has 1 fully saturated rings. The lowest BCUT2D eigenvalue weighted by Crippen LogP contribution is -2.40. The molecule has 0 atom stereocenters. The highest BCUT2D eigenvalue weighted by Crippen LogP contribution is 2.26. The minimum Gasteiger partial charge on any atom is -0.481 e. The van der Waals surface area contributed by atoms with Gasteiger partial charge >= 0.3 is 5.97 Å². The maximum absolute atomic E-state index is 12.2. The molecule has 0 unspecified atom stereocenters. The standard InChI is InChI=1S/C14H20N2O3S/c1-15(9-12-3-2-8-20-12)13(17)10-16(11-4-5-11)7-6-14(18)19/h2-3,8,11H,4-7,9-10H2,1H3,(H,18,19). The van der Waals surface area contributed by atoms with E-state index in [1.54, 1.807) is 23.3 Å². The number of carbonyl (C=O) groups is 2. The minimum atomic E-state index is -0.810. The lowest BCUT2D eigenvalue weighted by Gasteiger charge is -2.24. The van der Waals surface area contributed by atoms with E-state index in [2.05, 4.69) is 0 Å². The Hall–Kier alpha value is -1.40. The van der Waals surface area contributed by atoms with Gasteiger partial charge in [0.2, 0.25) is 5.91 Å². The zero-order chi connectivity index (χ0) is 14.5. The molecule has 0 aromatic carbocycles. The first-order valence-electron chi connectivity index (χ1n) is 6.78. The molecule has 1 N–H and O–H groups in total. The van der Waals surface area contributed by atoms with Gasteiger partial charge in [-0.2, -0.15) is 0 Å². The lowest BCUT2D eigenvalue weighted by atomic mass is 10.3. The molecule has 1 saturated carbocycles. The predicted octanol–water partition coefficient (Wildman–Crippen LogP) is 1.65. The molecule has 0 saturated heterocycles. The molecular formula is C14H20N2O3S. The molecule has 0 spiro atoms. The normalized spacial score (nSPS) is 14.5. The molecule has 0 bridgehead atoms. The summed E-state index contributed by atoms with van der Waals surface area (Å²) < 4.78 is 0. The Morgan fingerprint density at radius 3 is 2.75 bits per heavy atom. The molecular weight excluding hydrogens is 276 g/mol. The first kappa shape index (κ1) is 15.0. The number of carboxylic acids is 1. The minimum absolute atomic E-state index is 0.0516. The Bertz CT molecular complexity index is 457. The molecule has 1 aromatic heterocycles. The summed E-state index contributed by atoms with van der Waals surface area (Å²) in [6.07, 6.45) is 2.24. The smallest absolute Gasteiger partial charge is 0.304 e. The Balaban J connectivity index is 1.82. The van der Waals surface area contributed by atoms with E-state index >= 15 is 0 Å². The van der Waals surface area contributed by atoms with Crippen LogP contribution in [-0.4, -0.2) is 53.0 Å². The summed E-state index contributed by atoms with van der Waals surface area (Å²) in [6, 6.07) is 4.38. The van der Waals surface area contributed by atoms with Gasteiger partial charge in [0.15, 0.2) is 0 Å². The van der Waals surface area contributed by atoms with E-state index in [-0.39, 0.29) is 12.3 Å². The van der Waals surface area contributed by atoms with Gasteiger partial charge in [-0.15, -0.1) is 11.3 Å². The molecule has 110 valence electrons. The topological polar surface area (TPSA) is 60.9 Å². The molecule has 1 aliphatic rings. The molecule has 2 rings (SSSR count). The fourth-order valence-corrected chi connectivity index (χ4v) is 2.85. The van der Waals surface area contributed by atoms with Crippen molar-refractivity contribution in [2.75, 3.05) is 20.1 Å². The Labute approximate surface area is 122 Å². The van der Waals surface area contributed by atoms with Crippen molar-refractivity contribution in [1.82, 2.24) is 9.80 Å². The van der Waals surface area contributed by atoms with E-state index < -0.39 is 5.97 Å². The molecule has 5 nitrogen and oxygen atoms in total. The number of nitrogens with zero attached hydrogens (tertiary/aromatic N) is 2. The van der Waals surface area contributed by atoms with Gasteiger partial charge in [-0.1, -0.05) is 6.07 Å². The van der Waals surface area contributed by atoms with Crippen LogP contribution in [0.25, 0.3) is 0 Å². The highest BCUT2D eigenvalue weighted by molar-refractivity contribution is 7.09. The van der Waals surface area contributed by atoms with Gasteiger partial charge in [-0.3, -0.25) is 14.5 Å². The largest absolute Gasteiger partial charge is 0.481 e. The van der Waals surface area contributed by atoms with Crippen LogP contribution in [0, 0.1) is 0 Å². The van der Waals surface area contributed by atoms with Crippen molar-refractivity contribution in [1.29, 1.82) is 0 Å². The monoisotopic (exact) mass is 296 g/mol. The SMILES string of the molecule is CN(Cc1cccs1)C(=O)CN(CCC(=O)O)C1CC1. The third-order valence-electron chi connectivity index (χ3n) is 3.41. The van der Waals surface area contributed by atoms with Crippen LogP contribution in [0.4, 0.5) is 0 Å². The third kappa shape index (κ3) is 4.61. The number of thiophene rings is 1. The summed E-state index contributed by atoms with van der Waals surface area (Å²) in [6.45, 7) is 1.40. The number of hydrogen-bond acceptors (Lipinski definition) is 4. The van der Waals surface area contributed by atoms with Crippen molar-refractivity contribution in [2.45, 2.75) is 31.8 Å². The van der Waals surface area contributed by atoms with Crippen molar-refractivity contribution in [3.63, 3.8) is 0 Å². The van der Waals surface area contributed by atoms with Crippen LogP contribution in [0.15, 0.2) is 17.5 Å². The van der Waals surface area contributed by atoms with Crippen LogP contribution in [0.2, 0.25) is 0 Å². The second-order valence-corrected chi connectivity index (χ2v) is 6.21. The number of aliphatic carboxylic acids is 1. The Kier molecular flexibility index (Phi) is 5.14. The zero-order valence-electron chi connectivity index (χ0n) is 11.6. The molecule has 20 heavy (non-hydrogen) atoms. The number of amides is 1. The number of likely N-dealkylation sites (N-methyl/N-ethyl adjacent to an activating group) is 1. The van der Waals surface area contributed by atoms with Crippen LogP contribution in [0.1, 0.15) is 24.1 Å². The first-order chi connectivity index (χ1) is 9.56. The van der Waals surface area contributed by atoms with Crippen LogP contribution in [-0.2, 0) is 16.1 Å². The zero-order valence-corrected chi connectivity index (χ0v) is 12.4. The molecule has 1 heterocycles. The van der Waals surface area contributed by atoms with Gasteiger partial charge in [0.25, 0.3) is 0 Å². The summed E-state index contributed by atoms with van der Waals surface area (Å²) in [4.78, 5) is 27.7. The second-order valence-electron chi connectivity index (χ2n) is 5.17. The maximum atomic E-state index is 12.2. The van der Waals surface area contributed by atoms with Gasteiger partial charge in [-0.25, -0.2) is 0 Å². The van der Waals surface area contributed by atoms with Crippen LogP contribution in [0.5, 0.6) is 0 Å². The Morgan fingerprint density at radius 1 is 1.45 bits per heavy atom. The number of hydrogen-bond donors (Lipinski definition) is 1. The van der Waals surface area contributed by atoms with Crippen molar-refractivity contribution in [3.05, 3.63) is 22.4 Å². The quantitative estimate of drug-likeness (QED) is 0.792. The van der Waals surface area contributed by atoms with E-state index in [1.165, 1.54) is 0 Å². The highest BCUT2D eigenvalue weighted by Gasteiger charge is 2.31. The molecule has 1 aromatic rings. The number of rotatable bonds is 8. The van der Waals surface area contributed by atoms with Gasteiger partial charge in [0, 0.05) is 24.5 Å². The fourth-order valence-electron chi connectivity index (χ4n) is 2.09. The summed E-state index contributed by atoms with van der Waals surface area (Å²) in [5.74, 6) is -0.759. The van der Waals surface area contributed by atoms with Gasteiger partial charge in [0.05, 0.1) is 19.5 Å². The Morgan fingerprint density at radius 2 is 2.20 bits per heavy atom. The number of carbonyl (C=O) groups excluding carboxylic acids is 1. The predicted molar refractivity (Wildman–Crippen MR) is 77.6 cm³/mol. The van der Waals surface area contributed by atoms with Crippen molar-refractivity contribution < 1.29 is 14.7 Å². The summed E-state index contributed by atoms with van der Waals surface area (Å²) in [7, 11) is 1.80. The van der Waals surface area contributed by atoms with Crippen LogP contribution < -0.4 is 0 Å². The van der Waals surface area contributed by atoms with E-state index in [1.807, 2.05) is 22.4 Å². The summed E-state index contributed by atoms with van der Waals surface area (Å²) in [5, 5.41) is 10.8. The first-order valence-corrected chi connectivity index (χ1v) is 7.66. The van der Waals surface area contributed by atoms with E-state index in [4.69, 9.17) is 5.11 Å². The molecule has 1 aliphatic carbocycles. The van der Waals surface area contributed by atoms with Crippen molar-refractivity contribution in [2.24, 2.45) is 0 Å². The fraction of sp³-hybridized carbons (Fsp3) is 0.571. The van der Waals surface area contributed by atoms with Crippen molar-refractivity contribution >= 4 is 23.2 Å². The van der Waals surface area contributed by atoms with Crippen LogP contribution >= 0.6 is 11.3 Å². The van der Waals surface area contributed by atoms with Gasteiger partial charge in [0.1, 0.15) is 0 Å². The van der Waals surface area contributed by atoms with Gasteiger partial charge in [-0.05, 0) is 24.3 Å². The van der Waals surface area contributed by atoms with E-state index in [9.17, 15) is 9.59 Å². The lowest BCUT2D eigenvalue weighted by molar-refractivity contribution is -0.138. The summed E-state index contributed by atoms with van der Waals surface area (Å²) in [5.41, 5.74) is 0. The van der Waals surface area contributed by atoms with Crippen molar-refractivity contribution in [3.8, 4) is 0 Å². The van der Waals surface area contributed by atoms with E-state index in [0.717, 1.165) is 17.7 Å². The van der Waals surface area contributed by atoms with Crippen LogP contribution in [0.3, 0.4) is 0 Å². The van der Waals surface area contributed by atoms with Gasteiger partial charge < -0.3 is 10.0 Å². The third-order valence-corrected chi connectivity index (χ3v) is 4.27. The maximum Gasteiger partial charge on any atom is 0.304 e. The number of carboxylic acid groups (broad SMARTS) is 1. The van der Waals surface area contributed by atoms with E-state index in [0.29, 0.717) is 25.7 Å². The average molecular weight is 296 g/mol.